The number of rotatable bonds is 4. The summed E-state index contributed by atoms with van der Waals surface area (Å²) in [5.41, 5.74) is 3.39. The number of benzene rings is 3. The van der Waals surface area contributed by atoms with Gasteiger partial charge in [0, 0.05) is 41.9 Å². The van der Waals surface area contributed by atoms with Crippen LogP contribution in [0.25, 0.3) is 50.3 Å². The quantitative estimate of drug-likeness (QED) is 0.131. The molecular weight excluding hydrogens is 799 g/mol. The Morgan fingerprint density at radius 3 is 1.52 bits per heavy atom. The van der Waals surface area contributed by atoms with Crippen molar-refractivity contribution in [2.75, 3.05) is 0 Å². The van der Waals surface area contributed by atoms with Crippen molar-refractivity contribution >= 4 is 5.69 Å². The van der Waals surface area contributed by atoms with E-state index in [0.717, 1.165) is 29.8 Å². The SMILES string of the molecule is Fc1c[c-]c(-c2ccccn2)c(F)c1.Fc1c[c-]c(-c2ccccn2)c(F)c1.[C-]#[N+]c1ccc(-c2n[n-]c(-c3ccccn3)n2)cc1.[Ir+3]. The Balaban J connectivity index is 0.000000164. The van der Waals surface area contributed by atoms with Crippen molar-refractivity contribution in [3.8, 4) is 45.4 Å². The molecule has 0 amide bonds. The zero-order valence-electron chi connectivity index (χ0n) is 24.5. The van der Waals surface area contributed by atoms with E-state index in [9.17, 15) is 17.6 Å². The van der Waals surface area contributed by atoms with Gasteiger partial charge < -0.3 is 20.1 Å². The van der Waals surface area contributed by atoms with Crippen LogP contribution in [0.1, 0.15) is 0 Å². The average molecular weight is 819 g/mol. The molecule has 0 aliphatic rings. The van der Waals surface area contributed by atoms with E-state index in [1.807, 2.05) is 30.3 Å². The third-order valence-corrected chi connectivity index (χ3v) is 6.16. The van der Waals surface area contributed by atoms with Crippen LogP contribution in [-0.2, 0) is 20.1 Å². The summed E-state index contributed by atoms with van der Waals surface area (Å²) in [7, 11) is 0. The van der Waals surface area contributed by atoms with Gasteiger partial charge in [-0.15, -0.1) is 24.3 Å². The van der Waals surface area contributed by atoms with E-state index >= 15 is 0 Å². The van der Waals surface area contributed by atoms with Crippen molar-refractivity contribution in [2.24, 2.45) is 0 Å². The third kappa shape index (κ3) is 9.33. The second-order valence-corrected chi connectivity index (χ2v) is 9.34. The van der Waals surface area contributed by atoms with Gasteiger partial charge in [-0.2, -0.15) is 0 Å². The molecule has 0 fully saturated rings. The Hall–Kier alpha value is -5.89. The Labute approximate surface area is 286 Å². The van der Waals surface area contributed by atoms with Crippen molar-refractivity contribution in [3.05, 3.63) is 169 Å². The first-order chi connectivity index (χ1) is 22.9. The summed E-state index contributed by atoms with van der Waals surface area (Å²) in [5.74, 6) is -1.53. The van der Waals surface area contributed by atoms with Gasteiger partial charge >= 0.3 is 20.1 Å². The number of hydrogen-bond acceptors (Lipinski definition) is 5. The number of nitrogens with zero attached hydrogens (tertiary/aromatic N) is 7. The molecule has 0 spiro atoms. The molecule has 236 valence electrons. The molecule has 0 bridgehead atoms. The molecule has 0 unspecified atom stereocenters. The van der Waals surface area contributed by atoms with Crippen LogP contribution < -0.4 is 5.10 Å². The van der Waals surface area contributed by atoms with Crippen molar-refractivity contribution < 1.29 is 37.7 Å². The molecule has 0 aliphatic heterocycles. The van der Waals surface area contributed by atoms with Gasteiger partial charge in [0.1, 0.15) is 0 Å². The summed E-state index contributed by atoms with van der Waals surface area (Å²) in [5, 5.41) is 8.06. The molecule has 12 heteroatoms. The van der Waals surface area contributed by atoms with E-state index < -0.39 is 23.3 Å². The predicted molar refractivity (Wildman–Crippen MR) is 167 cm³/mol. The smallest absolute Gasteiger partial charge is 0.417 e. The van der Waals surface area contributed by atoms with Crippen molar-refractivity contribution in [2.45, 2.75) is 0 Å². The third-order valence-electron chi connectivity index (χ3n) is 6.16. The van der Waals surface area contributed by atoms with E-state index in [4.69, 9.17) is 6.57 Å². The van der Waals surface area contributed by atoms with E-state index in [1.54, 1.807) is 67.1 Å². The van der Waals surface area contributed by atoms with Crippen LogP contribution in [0.2, 0.25) is 0 Å². The molecule has 0 atom stereocenters. The van der Waals surface area contributed by atoms with Gasteiger partial charge in [0.15, 0.2) is 5.69 Å². The van der Waals surface area contributed by atoms with Gasteiger partial charge in [0.2, 0.25) is 0 Å². The number of aromatic nitrogens is 6. The average Bonchev–Trinajstić information content (AvgIpc) is 3.61. The summed E-state index contributed by atoms with van der Waals surface area (Å²) in [6.45, 7) is 6.91. The summed E-state index contributed by atoms with van der Waals surface area (Å²) in [4.78, 5) is 19.8. The van der Waals surface area contributed by atoms with E-state index in [0.29, 0.717) is 34.4 Å². The standard InChI is InChI=1S/C14H8N5.2C11H6F2N.Ir/c1-15-11-7-5-10(6-8-11)13-17-14(19-18-13)12-4-2-3-9-16-12;2*12-8-4-5-9(10(13)7-8)11-3-1-2-6-14-11;/h2-9H;2*1-4,6-7H;/q3*-1;+3. The molecule has 4 aromatic heterocycles. The van der Waals surface area contributed by atoms with E-state index in [1.165, 1.54) is 0 Å². The van der Waals surface area contributed by atoms with Gasteiger partial charge in [-0.05, 0) is 47.0 Å². The number of hydrogen-bond donors (Lipinski definition) is 0. The molecule has 7 rings (SSSR count). The van der Waals surface area contributed by atoms with E-state index in [-0.39, 0.29) is 31.2 Å². The van der Waals surface area contributed by atoms with Crippen LogP contribution in [0.3, 0.4) is 0 Å². The molecular formula is C36H20F4IrN7. The van der Waals surface area contributed by atoms with Crippen LogP contribution in [-0.4, -0.2) is 25.0 Å². The van der Waals surface area contributed by atoms with Crippen molar-refractivity contribution in [1.29, 1.82) is 0 Å². The maximum absolute atomic E-state index is 13.2. The molecule has 7 nitrogen and oxygen atoms in total. The minimum atomic E-state index is -0.649. The summed E-state index contributed by atoms with van der Waals surface area (Å²) in [6.07, 6.45) is 4.79. The molecule has 3 aromatic carbocycles. The fourth-order valence-corrected chi connectivity index (χ4v) is 3.95. The number of pyridine rings is 3. The second kappa shape index (κ2) is 17.1. The van der Waals surface area contributed by atoms with Crippen LogP contribution in [0.4, 0.5) is 23.2 Å². The summed E-state index contributed by atoms with van der Waals surface area (Å²) < 4.78 is 51.6. The topological polar surface area (TPSA) is 82.9 Å². The normalized spacial score (nSPS) is 9.90. The molecule has 48 heavy (non-hydrogen) atoms. The monoisotopic (exact) mass is 819 g/mol. The first-order valence-corrected chi connectivity index (χ1v) is 13.7. The van der Waals surface area contributed by atoms with Crippen molar-refractivity contribution in [1.82, 2.24) is 30.1 Å². The fourth-order valence-electron chi connectivity index (χ4n) is 3.95. The number of halogens is 4. The zero-order valence-corrected chi connectivity index (χ0v) is 26.9. The molecule has 0 N–H and O–H groups in total. The Morgan fingerprint density at radius 1 is 0.625 bits per heavy atom. The van der Waals surface area contributed by atoms with Crippen LogP contribution in [0.5, 0.6) is 0 Å². The van der Waals surface area contributed by atoms with Gasteiger partial charge in [-0.25, -0.2) is 4.85 Å². The molecule has 0 saturated heterocycles. The molecule has 4 heterocycles. The van der Waals surface area contributed by atoms with Gasteiger partial charge in [-0.1, -0.05) is 77.9 Å². The minimum Gasteiger partial charge on any atom is -0.417 e. The van der Waals surface area contributed by atoms with Gasteiger partial charge in [-0.3, -0.25) is 27.6 Å². The Kier molecular flexibility index (Phi) is 12.5. The van der Waals surface area contributed by atoms with Crippen molar-refractivity contribution in [3.63, 3.8) is 0 Å². The Bertz CT molecular complexity index is 2000. The molecule has 0 saturated carbocycles. The zero-order chi connectivity index (χ0) is 33.0. The fraction of sp³-hybridized carbons (Fsp3) is 0. The first-order valence-electron chi connectivity index (χ1n) is 13.7. The van der Waals surface area contributed by atoms with Gasteiger partial charge in [0.25, 0.3) is 0 Å². The Morgan fingerprint density at radius 2 is 1.10 bits per heavy atom. The second-order valence-electron chi connectivity index (χ2n) is 9.34. The van der Waals surface area contributed by atoms with E-state index in [2.05, 4.69) is 47.1 Å². The molecule has 0 aliphatic carbocycles. The molecule has 7 aromatic rings. The van der Waals surface area contributed by atoms with Crippen LogP contribution in [0.15, 0.2) is 122 Å². The maximum Gasteiger partial charge on any atom is 3.00 e. The molecule has 0 radical (unpaired) electrons. The maximum atomic E-state index is 13.2. The first kappa shape index (κ1) is 35.0. The largest absolute Gasteiger partial charge is 3.00 e. The van der Waals surface area contributed by atoms with Crippen LogP contribution in [0, 0.1) is 42.0 Å². The van der Waals surface area contributed by atoms with Gasteiger partial charge in [0.05, 0.1) is 18.1 Å². The predicted octanol–water partition coefficient (Wildman–Crippen LogP) is 8.37. The minimum absolute atomic E-state index is 0. The van der Waals surface area contributed by atoms with Crippen LogP contribution >= 0.6 is 0 Å². The summed E-state index contributed by atoms with van der Waals surface area (Å²) in [6, 6.07) is 31.7. The summed E-state index contributed by atoms with van der Waals surface area (Å²) >= 11 is 0.